The molecule has 1 aliphatic heterocycles. The van der Waals surface area contributed by atoms with E-state index in [1.807, 2.05) is 24.1 Å². The first-order valence-electron chi connectivity index (χ1n) is 7.09. The van der Waals surface area contributed by atoms with Gasteiger partial charge >= 0.3 is 6.18 Å². The van der Waals surface area contributed by atoms with Gasteiger partial charge in [0.2, 0.25) is 0 Å². The summed E-state index contributed by atoms with van der Waals surface area (Å²) in [6.45, 7) is 4.64. The van der Waals surface area contributed by atoms with E-state index in [4.69, 9.17) is 0 Å². The van der Waals surface area contributed by atoms with Crippen LogP contribution in [0.1, 0.15) is 24.0 Å². The second-order valence-corrected chi connectivity index (χ2v) is 6.28. The lowest BCUT2D eigenvalue weighted by Gasteiger charge is -2.32. The van der Waals surface area contributed by atoms with E-state index in [0.717, 1.165) is 24.4 Å². The van der Waals surface area contributed by atoms with Gasteiger partial charge in [-0.15, -0.1) is 0 Å². The van der Waals surface area contributed by atoms with Gasteiger partial charge in [0.05, 0.1) is 5.56 Å². The number of benzene rings is 1. The fourth-order valence-electron chi connectivity index (χ4n) is 2.61. The van der Waals surface area contributed by atoms with Crippen molar-refractivity contribution in [3.8, 4) is 0 Å². The van der Waals surface area contributed by atoms with Crippen LogP contribution in [-0.2, 0) is 6.18 Å². The maximum Gasteiger partial charge on any atom is 0.418 e. The van der Waals surface area contributed by atoms with Crippen LogP contribution in [0.3, 0.4) is 0 Å². The van der Waals surface area contributed by atoms with Crippen LogP contribution in [0.5, 0.6) is 0 Å². The number of piperazine rings is 1. The van der Waals surface area contributed by atoms with E-state index in [2.05, 4.69) is 5.32 Å². The topological polar surface area (TPSA) is 15.3 Å². The van der Waals surface area contributed by atoms with Crippen molar-refractivity contribution in [2.45, 2.75) is 19.0 Å². The van der Waals surface area contributed by atoms with Crippen molar-refractivity contribution >= 4 is 17.4 Å². The van der Waals surface area contributed by atoms with Crippen molar-refractivity contribution in [3.63, 3.8) is 0 Å². The van der Waals surface area contributed by atoms with Gasteiger partial charge in [0.15, 0.2) is 0 Å². The Morgan fingerprint density at radius 1 is 1.29 bits per heavy atom. The molecule has 0 saturated carbocycles. The smallest absolute Gasteiger partial charge is 0.368 e. The van der Waals surface area contributed by atoms with Gasteiger partial charge < -0.3 is 10.2 Å². The van der Waals surface area contributed by atoms with Crippen LogP contribution in [0.15, 0.2) is 18.2 Å². The summed E-state index contributed by atoms with van der Waals surface area (Å²) in [5.74, 6) is 0.947. The molecule has 1 N–H and O–H groups in total. The molecule has 1 atom stereocenters. The molecule has 2 nitrogen and oxygen atoms in total. The van der Waals surface area contributed by atoms with E-state index in [-0.39, 0.29) is 5.92 Å². The van der Waals surface area contributed by atoms with Crippen LogP contribution in [0, 0.1) is 0 Å². The molecule has 1 heterocycles. The molecule has 0 amide bonds. The third-order valence-corrected chi connectivity index (χ3v) is 4.60. The third kappa shape index (κ3) is 4.07. The van der Waals surface area contributed by atoms with Crippen molar-refractivity contribution < 1.29 is 13.2 Å². The molecule has 1 aliphatic rings. The van der Waals surface area contributed by atoms with Gasteiger partial charge in [0.25, 0.3) is 0 Å². The van der Waals surface area contributed by atoms with Crippen LogP contribution >= 0.6 is 11.8 Å². The summed E-state index contributed by atoms with van der Waals surface area (Å²) in [5, 5.41) is 3.16. The molecule has 6 heteroatoms. The third-order valence-electron chi connectivity index (χ3n) is 3.77. The molecule has 0 spiro atoms. The van der Waals surface area contributed by atoms with Crippen molar-refractivity contribution in [2.75, 3.05) is 43.1 Å². The highest BCUT2D eigenvalue weighted by molar-refractivity contribution is 7.98. The number of halogens is 3. The number of thioether (sulfide) groups is 1. The maximum atomic E-state index is 13.4. The fraction of sp³-hybridized carbons (Fsp3) is 0.600. The number of nitrogens with zero attached hydrogens (tertiary/aromatic N) is 1. The summed E-state index contributed by atoms with van der Waals surface area (Å²) in [6.07, 6.45) is -2.34. The molecule has 1 unspecified atom stereocenters. The zero-order valence-electron chi connectivity index (χ0n) is 12.3. The Bertz CT molecular complexity index is 470. The molecule has 1 aromatic rings. The van der Waals surface area contributed by atoms with Crippen molar-refractivity contribution in [2.24, 2.45) is 0 Å². The summed E-state index contributed by atoms with van der Waals surface area (Å²) in [5.41, 5.74) is 0.564. The van der Waals surface area contributed by atoms with Gasteiger partial charge in [-0.25, -0.2) is 0 Å². The largest absolute Gasteiger partial charge is 0.418 e. The fourth-order valence-corrected chi connectivity index (χ4v) is 3.31. The molecule has 21 heavy (non-hydrogen) atoms. The van der Waals surface area contributed by atoms with Crippen LogP contribution in [0.2, 0.25) is 0 Å². The zero-order valence-corrected chi connectivity index (χ0v) is 13.2. The van der Waals surface area contributed by atoms with Crippen LogP contribution in [-0.4, -0.2) is 38.2 Å². The quantitative estimate of drug-likeness (QED) is 0.913. The van der Waals surface area contributed by atoms with Crippen LogP contribution in [0.4, 0.5) is 18.9 Å². The average molecular weight is 318 g/mol. The predicted octanol–water partition coefficient (Wildman–Crippen LogP) is 3.58. The Morgan fingerprint density at radius 2 is 1.95 bits per heavy atom. The van der Waals surface area contributed by atoms with E-state index >= 15 is 0 Å². The summed E-state index contributed by atoms with van der Waals surface area (Å²) in [4.78, 5) is 1.82. The Kier molecular flexibility index (Phi) is 5.43. The highest BCUT2D eigenvalue weighted by Gasteiger charge is 2.35. The second-order valence-electron chi connectivity index (χ2n) is 5.37. The first-order valence-corrected chi connectivity index (χ1v) is 8.48. The minimum atomic E-state index is -4.31. The highest BCUT2D eigenvalue weighted by Crippen LogP contribution is 2.38. The Balaban J connectivity index is 2.36. The van der Waals surface area contributed by atoms with E-state index in [1.54, 1.807) is 17.8 Å². The monoisotopic (exact) mass is 318 g/mol. The zero-order chi connectivity index (χ0) is 15.5. The molecule has 0 radical (unpaired) electrons. The Morgan fingerprint density at radius 3 is 2.52 bits per heavy atom. The van der Waals surface area contributed by atoms with Crippen molar-refractivity contribution in [1.29, 1.82) is 0 Å². The lowest BCUT2D eigenvalue weighted by atomic mass is 9.98. The number of anilines is 1. The molecular weight excluding hydrogens is 297 g/mol. The Hall–Kier alpha value is -0.880. The molecule has 118 valence electrons. The molecule has 0 aromatic heterocycles. The number of hydrogen-bond donors (Lipinski definition) is 1. The van der Waals surface area contributed by atoms with Crippen LogP contribution in [0.25, 0.3) is 0 Å². The van der Waals surface area contributed by atoms with Crippen molar-refractivity contribution in [3.05, 3.63) is 29.3 Å². The van der Waals surface area contributed by atoms with Crippen LogP contribution < -0.4 is 10.2 Å². The van der Waals surface area contributed by atoms with Gasteiger partial charge in [-0.3, -0.25) is 0 Å². The van der Waals surface area contributed by atoms with E-state index in [1.165, 1.54) is 6.07 Å². The van der Waals surface area contributed by atoms with Gasteiger partial charge in [0.1, 0.15) is 0 Å². The lowest BCUT2D eigenvalue weighted by molar-refractivity contribution is -0.137. The van der Waals surface area contributed by atoms with E-state index < -0.39 is 11.7 Å². The number of hydrogen-bond acceptors (Lipinski definition) is 3. The van der Waals surface area contributed by atoms with E-state index in [0.29, 0.717) is 18.8 Å². The Labute approximate surface area is 128 Å². The SMILES string of the molecule is CSCC(C)c1ccc(N2CCNCC2)c(C(F)(F)F)c1. The first kappa shape index (κ1) is 16.5. The van der Waals surface area contributed by atoms with E-state index in [9.17, 15) is 13.2 Å². The highest BCUT2D eigenvalue weighted by atomic mass is 32.2. The average Bonchev–Trinajstić information content (AvgIpc) is 2.47. The number of nitrogens with one attached hydrogen (secondary N) is 1. The number of alkyl halides is 3. The molecular formula is C15H21F3N2S. The van der Waals surface area contributed by atoms with Crippen molar-refractivity contribution in [1.82, 2.24) is 5.32 Å². The molecule has 1 saturated heterocycles. The van der Waals surface area contributed by atoms with Gasteiger partial charge in [-0.2, -0.15) is 24.9 Å². The normalized spacial score (nSPS) is 17.9. The summed E-state index contributed by atoms with van der Waals surface area (Å²) in [6, 6.07) is 4.81. The van der Waals surface area contributed by atoms with Gasteiger partial charge in [-0.05, 0) is 35.6 Å². The first-order chi connectivity index (χ1) is 9.93. The minimum absolute atomic E-state index is 0.123. The molecule has 2 rings (SSSR count). The minimum Gasteiger partial charge on any atom is -0.368 e. The van der Waals surface area contributed by atoms with Gasteiger partial charge in [0, 0.05) is 31.9 Å². The second kappa shape index (κ2) is 6.92. The molecule has 0 aliphatic carbocycles. The predicted molar refractivity (Wildman–Crippen MR) is 83.3 cm³/mol. The number of rotatable bonds is 4. The molecule has 1 aromatic carbocycles. The standard InChI is InChI=1S/C15H21F3N2S/c1-11(10-21-2)12-3-4-14(13(9-12)15(16,17)18)20-7-5-19-6-8-20/h3-4,9,11,19H,5-8,10H2,1-2H3. The molecule has 0 bridgehead atoms. The lowest BCUT2D eigenvalue weighted by Crippen LogP contribution is -2.44. The summed E-state index contributed by atoms with van der Waals surface area (Å²) < 4.78 is 40.2. The summed E-state index contributed by atoms with van der Waals surface area (Å²) in [7, 11) is 0. The van der Waals surface area contributed by atoms with Gasteiger partial charge in [-0.1, -0.05) is 13.0 Å². The summed E-state index contributed by atoms with van der Waals surface area (Å²) >= 11 is 1.65. The maximum absolute atomic E-state index is 13.4. The molecule has 1 fully saturated rings.